The van der Waals surface area contributed by atoms with Crippen molar-refractivity contribution in [1.29, 1.82) is 0 Å². The van der Waals surface area contributed by atoms with Gasteiger partial charge in [-0.1, -0.05) is 12.5 Å². The van der Waals surface area contributed by atoms with Crippen LogP contribution >= 0.6 is 0 Å². The molecule has 5 heteroatoms. The normalized spacial score (nSPS) is 28.3. The Labute approximate surface area is 156 Å². The first-order valence-corrected chi connectivity index (χ1v) is 9.72. The molecule has 2 fully saturated rings. The van der Waals surface area contributed by atoms with E-state index in [9.17, 15) is 9.59 Å². The molecule has 2 unspecified atom stereocenters. The minimum Gasteiger partial charge on any atom is -0.347 e. The van der Waals surface area contributed by atoms with E-state index >= 15 is 0 Å². The van der Waals surface area contributed by atoms with Crippen molar-refractivity contribution in [2.24, 2.45) is 23.5 Å². The van der Waals surface area contributed by atoms with Gasteiger partial charge in [0.05, 0.1) is 0 Å². The molecule has 0 aliphatic heterocycles. The molecule has 3 rings (SSSR count). The van der Waals surface area contributed by atoms with Crippen molar-refractivity contribution in [3.8, 4) is 0 Å². The lowest BCUT2D eigenvalue weighted by Gasteiger charge is -2.43. The molecule has 2 saturated carbocycles. The Morgan fingerprint density at radius 1 is 1.12 bits per heavy atom. The average molecular weight is 357 g/mol. The van der Waals surface area contributed by atoms with Gasteiger partial charge in [-0.15, -0.1) is 0 Å². The minimum atomic E-state index is -0.297. The van der Waals surface area contributed by atoms with E-state index in [0.717, 1.165) is 25.7 Å². The quantitative estimate of drug-likeness (QED) is 0.776. The molecule has 0 radical (unpaired) electrons. The van der Waals surface area contributed by atoms with Crippen molar-refractivity contribution in [1.82, 2.24) is 5.32 Å². The van der Waals surface area contributed by atoms with Gasteiger partial charge in [0, 0.05) is 28.7 Å². The number of fused-ring (bicyclic) bond motifs is 2. The van der Waals surface area contributed by atoms with E-state index in [1.165, 1.54) is 6.42 Å². The first kappa shape index (κ1) is 18.9. The van der Waals surface area contributed by atoms with Crippen LogP contribution < -0.4 is 16.4 Å². The van der Waals surface area contributed by atoms with Gasteiger partial charge in [0.1, 0.15) is 0 Å². The van der Waals surface area contributed by atoms with Crippen molar-refractivity contribution in [2.75, 3.05) is 5.32 Å². The molecule has 0 heterocycles. The molecule has 2 bridgehead atoms. The molecule has 142 valence electrons. The second-order valence-corrected chi connectivity index (χ2v) is 8.97. The van der Waals surface area contributed by atoms with Crippen molar-refractivity contribution in [3.05, 3.63) is 29.8 Å². The van der Waals surface area contributed by atoms with Crippen LogP contribution in [0.4, 0.5) is 5.69 Å². The minimum absolute atomic E-state index is 0.0251. The summed E-state index contributed by atoms with van der Waals surface area (Å²) in [4.78, 5) is 25.1. The SMILES string of the molecule is CC(C)(C)NC(=O)c1cccc(NC(=O)C2CC3CCCC(C2)C3N)c1. The second-order valence-electron chi connectivity index (χ2n) is 8.97. The van der Waals surface area contributed by atoms with Crippen molar-refractivity contribution >= 4 is 17.5 Å². The Balaban J connectivity index is 1.65. The molecular weight excluding hydrogens is 326 g/mol. The second kappa shape index (κ2) is 7.39. The van der Waals surface area contributed by atoms with Crippen LogP contribution in [0.3, 0.4) is 0 Å². The maximum Gasteiger partial charge on any atom is 0.251 e. The molecule has 0 saturated heterocycles. The summed E-state index contributed by atoms with van der Waals surface area (Å²) in [5, 5.41) is 5.96. The standard InChI is InChI=1S/C21H31N3O2/c1-21(2,3)24-20(26)15-8-5-9-17(12-15)23-19(25)16-10-13-6-4-7-14(11-16)18(13)22/h5,8-9,12-14,16,18H,4,6-7,10-11,22H2,1-3H3,(H,23,25)(H,24,26). The molecule has 1 aromatic rings. The molecule has 5 nitrogen and oxygen atoms in total. The summed E-state index contributed by atoms with van der Waals surface area (Å²) in [5.74, 6) is 0.899. The number of hydrogen-bond acceptors (Lipinski definition) is 3. The molecule has 2 amide bonds. The highest BCUT2D eigenvalue weighted by Crippen LogP contribution is 2.42. The van der Waals surface area contributed by atoms with E-state index in [1.54, 1.807) is 18.2 Å². The number of nitrogens with one attached hydrogen (secondary N) is 2. The number of hydrogen-bond donors (Lipinski definition) is 3. The van der Waals surface area contributed by atoms with Crippen LogP contribution in [0.5, 0.6) is 0 Å². The number of carbonyl (C=O) groups excluding carboxylic acids is 2. The Bertz CT molecular complexity index is 666. The Morgan fingerprint density at radius 3 is 2.38 bits per heavy atom. The van der Waals surface area contributed by atoms with Gasteiger partial charge in [0.25, 0.3) is 5.91 Å². The van der Waals surface area contributed by atoms with E-state index < -0.39 is 0 Å². The largest absolute Gasteiger partial charge is 0.347 e. The number of rotatable bonds is 3. The van der Waals surface area contributed by atoms with Crippen molar-refractivity contribution in [3.63, 3.8) is 0 Å². The van der Waals surface area contributed by atoms with Crippen molar-refractivity contribution < 1.29 is 9.59 Å². The maximum absolute atomic E-state index is 12.8. The third kappa shape index (κ3) is 4.44. The van der Waals surface area contributed by atoms with Crippen LogP contribution in [0.1, 0.15) is 63.2 Å². The van der Waals surface area contributed by atoms with Crippen LogP contribution in [0, 0.1) is 17.8 Å². The summed E-state index contributed by atoms with van der Waals surface area (Å²) in [6, 6.07) is 7.41. The zero-order chi connectivity index (χ0) is 18.9. The predicted molar refractivity (Wildman–Crippen MR) is 104 cm³/mol. The number of benzene rings is 1. The van der Waals surface area contributed by atoms with Gasteiger partial charge in [-0.3, -0.25) is 9.59 Å². The predicted octanol–water partition coefficient (Wildman–Crippen LogP) is 3.31. The lowest BCUT2D eigenvalue weighted by atomic mass is 9.65. The van der Waals surface area contributed by atoms with Gasteiger partial charge in [-0.05, 0) is 76.5 Å². The van der Waals surface area contributed by atoms with Crippen LogP contribution in [-0.2, 0) is 4.79 Å². The van der Waals surface area contributed by atoms with Crippen LogP contribution in [0.25, 0.3) is 0 Å². The zero-order valence-electron chi connectivity index (χ0n) is 16.0. The third-order valence-electron chi connectivity index (χ3n) is 5.66. The summed E-state index contributed by atoms with van der Waals surface area (Å²) in [6.07, 6.45) is 5.29. The van der Waals surface area contributed by atoms with Gasteiger partial charge >= 0.3 is 0 Å². The van der Waals surface area contributed by atoms with Crippen LogP contribution in [0.2, 0.25) is 0 Å². The van der Waals surface area contributed by atoms with E-state index in [-0.39, 0.29) is 29.3 Å². The van der Waals surface area contributed by atoms with Crippen LogP contribution in [-0.4, -0.2) is 23.4 Å². The number of amides is 2. The number of carbonyl (C=O) groups is 2. The number of nitrogens with two attached hydrogens (primary N) is 1. The Hall–Kier alpha value is -1.88. The van der Waals surface area contributed by atoms with Gasteiger partial charge < -0.3 is 16.4 Å². The molecule has 0 spiro atoms. The zero-order valence-corrected chi connectivity index (χ0v) is 16.0. The van der Waals surface area contributed by atoms with Gasteiger partial charge in [0.2, 0.25) is 5.91 Å². The first-order chi connectivity index (χ1) is 12.2. The summed E-state index contributed by atoms with van der Waals surface area (Å²) < 4.78 is 0. The van der Waals surface area contributed by atoms with Gasteiger partial charge in [0.15, 0.2) is 0 Å². The first-order valence-electron chi connectivity index (χ1n) is 9.72. The average Bonchev–Trinajstić information content (AvgIpc) is 2.53. The third-order valence-corrected chi connectivity index (χ3v) is 5.66. The van der Waals surface area contributed by atoms with Gasteiger partial charge in [-0.25, -0.2) is 0 Å². The molecule has 0 aromatic heterocycles. The molecule has 2 aliphatic rings. The molecule has 1 aromatic carbocycles. The summed E-state index contributed by atoms with van der Waals surface area (Å²) in [7, 11) is 0. The number of anilines is 1. The summed E-state index contributed by atoms with van der Waals surface area (Å²) in [6.45, 7) is 5.84. The fourth-order valence-electron chi connectivity index (χ4n) is 4.40. The highest BCUT2D eigenvalue weighted by atomic mass is 16.2. The van der Waals surface area contributed by atoms with E-state index in [2.05, 4.69) is 10.6 Å². The molecule has 26 heavy (non-hydrogen) atoms. The topological polar surface area (TPSA) is 84.2 Å². The smallest absolute Gasteiger partial charge is 0.251 e. The summed E-state index contributed by atoms with van der Waals surface area (Å²) in [5.41, 5.74) is 7.26. The molecule has 2 aliphatic carbocycles. The lowest BCUT2D eigenvalue weighted by molar-refractivity contribution is -0.122. The highest BCUT2D eigenvalue weighted by Gasteiger charge is 2.40. The van der Waals surface area contributed by atoms with Gasteiger partial charge in [-0.2, -0.15) is 0 Å². The Morgan fingerprint density at radius 2 is 1.77 bits per heavy atom. The van der Waals surface area contributed by atoms with E-state index in [0.29, 0.717) is 23.1 Å². The van der Waals surface area contributed by atoms with E-state index in [1.807, 2.05) is 26.8 Å². The maximum atomic E-state index is 12.8. The molecular formula is C21H31N3O2. The highest BCUT2D eigenvalue weighted by molar-refractivity contribution is 5.98. The Kier molecular flexibility index (Phi) is 5.37. The monoisotopic (exact) mass is 357 g/mol. The molecule has 2 atom stereocenters. The molecule has 4 N–H and O–H groups in total. The summed E-state index contributed by atoms with van der Waals surface area (Å²) >= 11 is 0. The fourth-order valence-corrected chi connectivity index (χ4v) is 4.40. The van der Waals surface area contributed by atoms with E-state index in [4.69, 9.17) is 5.73 Å². The fraction of sp³-hybridized carbons (Fsp3) is 0.619. The lowest BCUT2D eigenvalue weighted by Crippen LogP contribution is -2.48. The van der Waals surface area contributed by atoms with Crippen LogP contribution in [0.15, 0.2) is 24.3 Å². The van der Waals surface area contributed by atoms with Crippen molar-refractivity contribution in [2.45, 2.75) is 64.5 Å².